The van der Waals surface area contributed by atoms with Gasteiger partial charge < -0.3 is 20.1 Å². The molecule has 0 radical (unpaired) electrons. The van der Waals surface area contributed by atoms with Crippen molar-refractivity contribution >= 4 is 5.97 Å². The molecule has 2 rings (SSSR count). The molecule has 1 fully saturated rings. The summed E-state index contributed by atoms with van der Waals surface area (Å²) >= 11 is 0. The Morgan fingerprint density at radius 2 is 2.21 bits per heavy atom. The minimum Gasteiger partial charge on any atom is -0.477 e. The number of carboxylic acid groups (broad SMARTS) is 1. The Kier molecular flexibility index (Phi) is 3.51. The lowest BCUT2D eigenvalue weighted by Gasteiger charge is -2.14. The Bertz CT molecular complexity index is 605. The third-order valence-corrected chi connectivity index (χ3v) is 2.89. The first-order valence-corrected chi connectivity index (χ1v) is 5.47. The Labute approximate surface area is 105 Å². The average Bonchev–Trinajstić information content (AvgIpc) is 2.69. The number of nitrogens with one attached hydrogen (secondary N) is 1. The van der Waals surface area contributed by atoms with Crippen LogP contribution in [-0.4, -0.2) is 49.7 Å². The number of aromatic nitrogens is 2. The highest BCUT2D eigenvalue weighted by Gasteiger charge is 2.35. The van der Waals surface area contributed by atoms with Gasteiger partial charge >= 0.3 is 11.7 Å². The zero-order valence-corrected chi connectivity index (χ0v) is 9.65. The molecule has 3 atom stereocenters. The average molecular weight is 272 g/mol. The summed E-state index contributed by atoms with van der Waals surface area (Å²) in [5.74, 6) is -1.48. The molecular weight excluding hydrogens is 260 g/mol. The fourth-order valence-electron chi connectivity index (χ4n) is 1.90. The zero-order valence-electron chi connectivity index (χ0n) is 9.65. The van der Waals surface area contributed by atoms with Crippen molar-refractivity contribution in [3.8, 4) is 0 Å². The molecule has 1 aliphatic rings. The van der Waals surface area contributed by atoms with Gasteiger partial charge in [0.2, 0.25) is 0 Å². The highest BCUT2D eigenvalue weighted by atomic mass is 16.5. The van der Waals surface area contributed by atoms with E-state index in [4.69, 9.17) is 14.9 Å². The second-order valence-corrected chi connectivity index (χ2v) is 4.13. The molecule has 9 heteroatoms. The van der Waals surface area contributed by atoms with E-state index in [1.54, 1.807) is 0 Å². The number of carboxylic acids is 1. The normalized spacial score (nSPS) is 26.5. The summed E-state index contributed by atoms with van der Waals surface area (Å²) in [6, 6.07) is 0. The van der Waals surface area contributed by atoms with Crippen LogP contribution in [0.1, 0.15) is 23.0 Å². The minimum atomic E-state index is -1.48. The van der Waals surface area contributed by atoms with Crippen LogP contribution >= 0.6 is 0 Å². The monoisotopic (exact) mass is 272 g/mol. The molecule has 0 spiro atoms. The van der Waals surface area contributed by atoms with E-state index in [1.165, 1.54) is 0 Å². The van der Waals surface area contributed by atoms with Crippen LogP contribution in [0.15, 0.2) is 15.8 Å². The Morgan fingerprint density at radius 1 is 1.53 bits per heavy atom. The molecule has 0 saturated carbocycles. The lowest BCUT2D eigenvalue weighted by molar-refractivity contribution is -0.0460. The van der Waals surface area contributed by atoms with Crippen molar-refractivity contribution in [3.63, 3.8) is 0 Å². The molecule has 1 saturated heterocycles. The number of hydrogen-bond acceptors (Lipinski definition) is 6. The summed E-state index contributed by atoms with van der Waals surface area (Å²) in [5, 5.41) is 27.3. The van der Waals surface area contributed by atoms with Gasteiger partial charge in [-0.15, -0.1) is 0 Å². The number of hydrogen-bond donors (Lipinski definition) is 4. The molecule has 19 heavy (non-hydrogen) atoms. The second-order valence-electron chi connectivity index (χ2n) is 4.13. The first kappa shape index (κ1) is 13.5. The van der Waals surface area contributed by atoms with E-state index < -0.39 is 47.8 Å². The van der Waals surface area contributed by atoms with Gasteiger partial charge in [-0.1, -0.05) is 0 Å². The van der Waals surface area contributed by atoms with Gasteiger partial charge in [0, 0.05) is 12.6 Å². The predicted octanol–water partition coefficient (Wildman–Crippen LogP) is -2.12. The summed E-state index contributed by atoms with van der Waals surface area (Å²) in [6.45, 7) is -0.429. The summed E-state index contributed by atoms with van der Waals surface area (Å²) in [7, 11) is 0. The van der Waals surface area contributed by atoms with Crippen molar-refractivity contribution < 1.29 is 24.9 Å². The Morgan fingerprint density at radius 3 is 2.74 bits per heavy atom. The number of aromatic amines is 1. The molecule has 0 bridgehead atoms. The number of aliphatic hydroxyl groups is 2. The van der Waals surface area contributed by atoms with Crippen molar-refractivity contribution in [3.05, 3.63) is 32.6 Å². The fraction of sp³-hybridized carbons (Fsp3) is 0.500. The van der Waals surface area contributed by atoms with E-state index in [0.29, 0.717) is 0 Å². The summed E-state index contributed by atoms with van der Waals surface area (Å²) in [6.07, 6.45) is -1.88. The van der Waals surface area contributed by atoms with Crippen LogP contribution < -0.4 is 11.2 Å². The topological polar surface area (TPSA) is 142 Å². The van der Waals surface area contributed by atoms with E-state index in [9.17, 15) is 19.5 Å². The van der Waals surface area contributed by atoms with E-state index in [2.05, 4.69) is 0 Å². The first-order valence-electron chi connectivity index (χ1n) is 5.47. The third-order valence-electron chi connectivity index (χ3n) is 2.89. The summed E-state index contributed by atoms with van der Waals surface area (Å²) in [5.41, 5.74) is -2.46. The minimum absolute atomic E-state index is 0.0102. The maximum absolute atomic E-state index is 11.6. The van der Waals surface area contributed by atoms with Gasteiger partial charge in [-0.05, 0) is 0 Å². The molecule has 0 aromatic carbocycles. The molecule has 0 amide bonds. The van der Waals surface area contributed by atoms with Crippen molar-refractivity contribution in [2.24, 2.45) is 0 Å². The van der Waals surface area contributed by atoms with E-state index >= 15 is 0 Å². The lowest BCUT2D eigenvalue weighted by atomic mass is 10.2. The Balaban J connectivity index is 2.41. The predicted molar refractivity (Wildman–Crippen MR) is 59.9 cm³/mol. The first-order chi connectivity index (χ1) is 8.93. The van der Waals surface area contributed by atoms with Gasteiger partial charge in [-0.3, -0.25) is 14.3 Å². The number of aromatic carboxylic acids is 1. The van der Waals surface area contributed by atoms with Gasteiger partial charge in [-0.25, -0.2) is 9.59 Å². The fourth-order valence-corrected chi connectivity index (χ4v) is 1.90. The van der Waals surface area contributed by atoms with Crippen LogP contribution in [0.3, 0.4) is 0 Å². The molecule has 3 unspecified atom stereocenters. The molecule has 9 nitrogen and oxygen atoms in total. The van der Waals surface area contributed by atoms with Crippen LogP contribution in [-0.2, 0) is 4.74 Å². The number of carbonyl (C=O) groups is 1. The van der Waals surface area contributed by atoms with E-state index in [0.717, 1.165) is 10.8 Å². The molecule has 0 aliphatic carbocycles. The van der Waals surface area contributed by atoms with Gasteiger partial charge in [0.05, 0.1) is 12.7 Å². The number of nitrogens with zero attached hydrogens (tertiary/aromatic N) is 1. The van der Waals surface area contributed by atoms with Crippen LogP contribution in [0.5, 0.6) is 0 Å². The quantitative estimate of drug-likeness (QED) is 0.492. The van der Waals surface area contributed by atoms with Gasteiger partial charge in [-0.2, -0.15) is 0 Å². The number of aliphatic hydroxyl groups excluding tert-OH is 2. The highest BCUT2D eigenvalue weighted by Crippen LogP contribution is 2.27. The van der Waals surface area contributed by atoms with E-state index in [-0.39, 0.29) is 6.42 Å². The highest BCUT2D eigenvalue weighted by molar-refractivity contribution is 5.86. The second kappa shape index (κ2) is 4.96. The van der Waals surface area contributed by atoms with Crippen molar-refractivity contribution in [1.29, 1.82) is 0 Å². The molecule has 2 heterocycles. The van der Waals surface area contributed by atoms with E-state index in [1.807, 2.05) is 4.98 Å². The SMILES string of the molecule is O=C(O)c1cn(C2CC(O)C(CO)O2)c(=O)[nH]c1=O. The number of ether oxygens (including phenoxy) is 1. The van der Waals surface area contributed by atoms with Gasteiger partial charge in [0.1, 0.15) is 17.9 Å². The van der Waals surface area contributed by atoms with Crippen molar-refractivity contribution in [2.75, 3.05) is 6.61 Å². The molecule has 1 aromatic heterocycles. The molecule has 1 aliphatic heterocycles. The van der Waals surface area contributed by atoms with Gasteiger partial charge in [0.15, 0.2) is 0 Å². The molecule has 1 aromatic rings. The summed E-state index contributed by atoms with van der Waals surface area (Å²) < 4.78 is 6.09. The smallest absolute Gasteiger partial charge is 0.342 e. The zero-order chi connectivity index (χ0) is 14.2. The third kappa shape index (κ3) is 2.43. The van der Waals surface area contributed by atoms with Crippen LogP contribution in [0, 0.1) is 0 Å². The van der Waals surface area contributed by atoms with Crippen molar-refractivity contribution in [2.45, 2.75) is 24.9 Å². The maximum atomic E-state index is 11.6. The largest absolute Gasteiger partial charge is 0.477 e. The molecule has 104 valence electrons. The van der Waals surface area contributed by atoms with Crippen LogP contribution in [0.2, 0.25) is 0 Å². The standard InChI is InChI=1S/C10H12N2O7/c13-3-6-5(14)1-7(19-6)12-2-4(9(16)17)8(15)11-10(12)18/h2,5-7,13-14H,1,3H2,(H,16,17)(H,11,15,18). The molecule has 4 N–H and O–H groups in total. The summed E-state index contributed by atoms with van der Waals surface area (Å²) in [4.78, 5) is 35.5. The Hall–Kier alpha value is -1.97. The van der Waals surface area contributed by atoms with Gasteiger partial charge in [0.25, 0.3) is 5.56 Å². The maximum Gasteiger partial charge on any atom is 0.342 e. The lowest BCUT2D eigenvalue weighted by Crippen LogP contribution is -2.35. The van der Waals surface area contributed by atoms with Crippen LogP contribution in [0.4, 0.5) is 0 Å². The number of H-pyrrole nitrogens is 1. The number of rotatable bonds is 3. The molecular formula is C10H12N2O7. The van der Waals surface area contributed by atoms with Crippen LogP contribution in [0.25, 0.3) is 0 Å². The van der Waals surface area contributed by atoms with Crippen molar-refractivity contribution in [1.82, 2.24) is 9.55 Å².